The summed E-state index contributed by atoms with van der Waals surface area (Å²) in [6.07, 6.45) is 1.58. The average Bonchev–Trinajstić information content (AvgIpc) is 3.33. The van der Waals surface area contributed by atoms with Crippen LogP contribution < -0.4 is 0 Å². The summed E-state index contributed by atoms with van der Waals surface area (Å²) in [7, 11) is 0. The first kappa shape index (κ1) is 13.7. The fourth-order valence-electron chi connectivity index (χ4n) is 1.79. The fraction of sp³-hybridized carbons (Fsp3) is 0.0714. The second-order valence-corrected chi connectivity index (χ2v) is 6.99. The van der Waals surface area contributed by atoms with Gasteiger partial charge < -0.3 is 8.83 Å². The van der Waals surface area contributed by atoms with Crippen molar-refractivity contribution in [3.8, 4) is 21.5 Å². The third-order valence-electron chi connectivity index (χ3n) is 2.77. The zero-order valence-electron chi connectivity index (χ0n) is 11.1. The Morgan fingerprint density at radius 2 is 2.14 bits per heavy atom. The van der Waals surface area contributed by atoms with Crippen LogP contribution in [0.15, 0.2) is 55.3 Å². The van der Waals surface area contributed by atoms with Crippen LogP contribution in [0.25, 0.3) is 21.5 Å². The summed E-state index contributed by atoms with van der Waals surface area (Å²) in [4.78, 5) is 5.82. The van der Waals surface area contributed by atoms with Gasteiger partial charge in [-0.15, -0.1) is 32.9 Å². The molecule has 0 N–H and O–H groups in total. The molecular weight excluding hydrogens is 338 g/mol. The molecule has 0 spiro atoms. The number of hydrogen-bond acceptors (Lipinski definition) is 8. The monoisotopic (exact) mass is 347 g/mol. The molecule has 4 aromatic rings. The van der Waals surface area contributed by atoms with Gasteiger partial charge in [0.05, 0.1) is 16.8 Å². The van der Waals surface area contributed by atoms with Crippen LogP contribution in [0.1, 0.15) is 5.69 Å². The highest BCUT2D eigenvalue weighted by Crippen LogP contribution is 2.30. The van der Waals surface area contributed by atoms with Gasteiger partial charge in [-0.25, -0.2) is 4.98 Å². The quantitative estimate of drug-likeness (QED) is 0.483. The number of thiazole rings is 1. The van der Waals surface area contributed by atoms with Crippen molar-refractivity contribution in [3.05, 3.63) is 47.0 Å². The Labute approximate surface area is 138 Å². The van der Waals surface area contributed by atoms with Crippen molar-refractivity contribution in [1.82, 2.24) is 15.2 Å². The molecule has 4 heterocycles. The fourth-order valence-corrected chi connectivity index (χ4v) is 4.19. The van der Waals surface area contributed by atoms with E-state index >= 15 is 0 Å². The lowest BCUT2D eigenvalue weighted by Crippen LogP contribution is -1.81. The van der Waals surface area contributed by atoms with Gasteiger partial charge in [-0.05, 0) is 23.6 Å². The van der Waals surface area contributed by atoms with Crippen molar-refractivity contribution >= 4 is 34.4 Å². The molecule has 4 aromatic heterocycles. The maximum atomic E-state index is 5.55. The van der Waals surface area contributed by atoms with E-state index in [-0.39, 0.29) is 0 Å². The van der Waals surface area contributed by atoms with Gasteiger partial charge in [0, 0.05) is 11.1 Å². The molecule has 5 nitrogen and oxygen atoms in total. The van der Waals surface area contributed by atoms with Crippen molar-refractivity contribution in [2.24, 2.45) is 0 Å². The van der Waals surface area contributed by atoms with E-state index < -0.39 is 0 Å². The molecule has 4 rings (SSSR count). The highest BCUT2D eigenvalue weighted by Gasteiger charge is 2.12. The zero-order valence-corrected chi connectivity index (χ0v) is 13.6. The van der Waals surface area contributed by atoms with Crippen molar-refractivity contribution in [2.45, 2.75) is 11.0 Å². The van der Waals surface area contributed by atoms with Crippen LogP contribution in [0, 0.1) is 0 Å². The van der Waals surface area contributed by atoms with E-state index in [1.54, 1.807) is 41.1 Å². The van der Waals surface area contributed by atoms with Crippen LogP contribution in [0.3, 0.4) is 0 Å². The molecule has 0 aliphatic carbocycles. The van der Waals surface area contributed by atoms with Gasteiger partial charge in [0.25, 0.3) is 11.1 Å². The Kier molecular flexibility index (Phi) is 3.79. The van der Waals surface area contributed by atoms with E-state index in [1.807, 2.05) is 6.07 Å². The molecule has 0 atom stereocenters. The molecule has 0 amide bonds. The first-order valence-electron chi connectivity index (χ1n) is 6.37. The molecule has 0 fully saturated rings. The molecule has 0 aromatic carbocycles. The Balaban J connectivity index is 1.43. The third kappa shape index (κ3) is 2.85. The number of nitrogens with zero attached hydrogens (tertiary/aromatic N) is 3. The van der Waals surface area contributed by atoms with Gasteiger partial charge >= 0.3 is 0 Å². The normalized spacial score (nSPS) is 11.1. The first-order valence-corrected chi connectivity index (χ1v) is 9.11. The van der Waals surface area contributed by atoms with Gasteiger partial charge in [0.15, 0.2) is 5.76 Å². The lowest BCUT2D eigenvalue weighted by Gasteiger charge is -1.92. The summed E-state index contributed by atoms with van der Waals surface area (Å²) in [6.45, 7) is 0. The third-order valence-corrected chi connectivity index (χ3v) is 5.55. The molecule has 0 aliphatic heterocycles. The molecule has 110 valence electrons. The summed E-state index contributed by atoms with van der Waals surface area (Å²) >= 11 is 4.81. The van der Waals surface area contributed by atoms with Crippen LogP contribution in [-0.4, -0.2) is 15.2 Å². The van der Waals surface area contributed by atoms with Gasteiger partial charge in [-0.2, -0.15) is 0 Å². The second kappa shape index (κ2) is 6.07. The summed E-state index contributed by atoms with van der Waals surface area (Å²) in [5.41, 5.74) is 1.01. The molecule has 0 saturated heterocycles. The summed E-state index contributed by atoms with van der Waals surface area (Å²) in [5.74, 6) is 1.67. The minimum absolute atomic E-state index is 0.394. The van der Waals surface area contributed by atoms with Crippen molar-refractivity contribution in [3.63, 3.8) is 0 Å². The summed E-state index contributed by atoms with van der Waals surface area (Å²) in [6, 6.07) is 7.68. The largest absolute Gasteiger partial charge is 0.459 e. The average molecular weight is 347 g/mol. The van der Waals surface area contributed by atoms with E-state index in [2.05, 4.69) is 32.0 Å². The van der Waals surface area contributed by atoms with Crippen molar-refractivity contribution in [1.29, 1.82) is 0 Å². The van der Waals surface area contributed by atoms with Crippen molar-refractivity contribution < 1.29 is 8.83 Å². The molecule has 8 heteroatoms. The minimum atomic E-state index is 0.394. The zero-order chi connectivity index (χ0) is 14.8. The van der Waals surface area contributed by atoms with E-state index in [0.29, 0.717) is 22.6 Å². The number of rotatable bonds is 5. The minimum Gasteiger partial charge on any atom is -0.459 e. The lowest BCUT2D eigenvalue weighted by atomic mass is 10.5. The van der Waals surface area contributed by atoms with E-state index in [9.17, 15) is 0 Å². The number of thioether (sulfide) groups is 1. The predicted octanol–water partition coefficient (Wildman–Crippen LogP) is 4.81. The Morgan fingerprint density at radius 1 is 1.14 bits per heavy atom. The second-order valence-electron chi connectivity index (χ2n) is 4.26. The molecule has 22 heavy (non-hydrogen) atoms. The Hall–Kier alpha value is -1.90. The lowest BCUT2D eigenvalue weighted by molar-refractivity contribution is 0.447. The number of hydrogen-bond donors (Lipinski definition) is 0. The molecule has 0 bridgehead atoms. The first-order chi connectivity index (χ1) is 10.9. The highest BCUT2D eigenvalue weighted by molar-refractivity contribution is 7.98. The van der Waals surface area contributed by atoms with Gasteiger partial charge in [-0.1, -0.05) is 17.8 Å². The Morgan fingerprint density at radius 3 is 2.95 bits per heavy atom. The van der Waals surface area contributed by atoms with Gasteiger partial charge in [0.2, 0.25) is 0 Å². The van der Waals surface area contributed by atoms with Crippen LogP contribution in [0.5, 0.6) is 0 Å². The molecule has 0 radical (unpaired) electrons. The van der Waals surface area contributed by atoms with Crippen LogP contribution in [0.4, 0.5) is 0 Å². The Bertz CT molecular complexity index is 777. The number of aromatic nitrogens is 3. The molecular formula is C14H9N3O2S3. The van der Waals surface area contributed by atoms with Crippen LogP contribution in [-0.2, 0) is 5.75 Å². The number of thiophene rings is 1. The molecule has 0 saturated carbocycles. The van der Waals surface area contributed by atoms with E-state index in [0.717, 1.165) is 10.7 Å². The van der Waals surface area contributed by atoms with E-state index in [1.165, 1.54) is 16.6 Å². The van der Waals surface area contributed by atoms with Gasteiger partial charge in [-0.3, -0.25) is 0 Å². The molecule has 0 unspecified atom stereocenters. The SMILES string of the molecule is c1coc(-c2nnc(SCc3csc(-c4cccs4)n3)o2)c1. The van der Waals surface area contributed by atoms with Gasteiger partial charge in [0.1, 0.15) is 5.01 Å². The predicted molar refractivity (Wildman–Crippen MR) is 87.0 cm³/mol. The smallest absolute Gasteiger partial charge is 0.284 e. The standard InChI is InChI=1S/C14H9N3O2S3/c1-3-10(18-5-1)12-16-17-14(19-12)22-8-9-7-21-13(15-9)11-4-2-6-20-11/h1-7H,8H2. The maximum absolute atomic E-state index is 5.55. The number of furan rings is 1. The molecule has 0 aliphatic rings. The summed E-state index contributed by atoms with van der Waals surface area (Å²) in [5, 5.41) is 13.7. The van der Waals surface area contributed by atoms with Crippen LogP contribution >= 0.6 is 34.4 Å². The topological polar surface area (TPSA) is 65.0 Å². The van der Waals surface area contributed by atoms with Crippen molar-refractivity contribution in [2.75, 3.05) is 0 Å². The maximum Gasteiger partial charge on any atom is 0.284 e. The van der Waals surface area contributed by atoms with E-state index in [4.69, 9.17) is 8.83 Å². The highest BCUT2D eigenvalue weighted by atomic mass is 32.2. The summed E-state index contributed by atoms with van der Waals surface area (Å²) < 4.78 is 10.8. The van der Waals surface area contributed by atoms with Crippen LogP contribution in [0.2, 0.25) is 0 Å².